The average Bonchev–Trinajstić information content (AvgIpc) is 2.69. The molecule has 0 radical (unpaired) electrons. The second-order valence-electron chi connectivity index (χ2n) is 8.18. The molecule has 1 saturated carbocycles. The molecule has 5 nitrogen and oxygen atoms in total. The van der Waals surface area contributed by atoms with Crippen LogP contribution in [-0.2, 0) is 6.18 Å². The zero-order valence-corrected chi connectivity index (χ0v) is 18.0. The van der Waals surface area contributed by atoms with Gasteiger partial charge in [0.05, 0.1) is 34.5 Å². The molecule has 1 aromatic heterocycles. The summed E-state index contributed by atoms with van der Waals surface area (Å²) >= 11 is 6.00. The number of hydrogen-bond acceptors (Lipinski definition) is 4. The smallest absolute Gasteiger partial charge is 0.417 e. The number of rotatable bonds is 4. The minimum absolute atomic E-state index is 0.0179. The summed E-state index contributed by atoms with van der Waals surface area (Å²) in [6.07, 6.45) is -4.69. The number of hydrogen-bond donors (Lipinski definition) is 0. The molecule has 2 fully saturated rings. The molecule has 1 aromatic carbocycles. The number of benzene rings is 1. The first-order valence-electron chi connectivity index (χ1n) is 9.96. The van der Waals surface area contributed by atoms with Crippen molar-refractivity contribution in [2.45, 2.75) is 36.8 Å². The Kier molecular flexibility index (Phi) is 5.73. The fourth-order valence-electron chi connectivity index (χ4n) is 4.22. The van der Waals surface area contributed by atoms with Crippen LogP contribution in [0, 0.1) is 11.3 Å². The largest absolute Gasteiger partial charge is 0.495 e. The van der Waals surface area contributed by atoms with Gasteiger partial charge in [0.15, 0.2) is 0 Å². The SMILES string of the molecule is COc1c(C#N)ccc(C2CC(F)(F)C2)c1C(=O)N1CC(c2ncc(C(F)(F)F)cc2Cl)C1. The molecule has 2 heterocycles. The zero-order valence-electron chi connectivity index (χ0n) is 17.2. The normalized spacial score (nSPS) is 18.3. The number of carbonyl (C=O) groups excluding carboxylic acids is 1. The fourth-order valence-corrected chi connectivity index (χ4v) is 4.54. The van der Waals surface area contributed by atoms with Crippen LogP contribution in [-0.4, -0.2) is 41.9 Å². The highest BCUT2D eigenvalue weighted by molar-refractivity contribution is 6.31. The van der Waals surface area contributed by atoms with Crippen LogP contribution in [0.3, 0.4) is 0 Å². The van der Waals surface area contributed by atoms with Crippen molar-refractivity contribution in [1.82, 2.24) is 9.88 Å². The van der Waals surface area contributed by atoms with E-state index in [4.69, 9.17) is 16.3 Å². The van der Waals surface area contributed by atoms with Gasteiger partial charge in [-0.25, -0.2) is 8.78 Å². The number of aromatic nitrogens is 1. The molecule has 2 aromatic rings. The van der Waals surface area contributed by atoms with Crippen molar-refractivity contribution in [2.24, 2.45) is 0 Å². The van der Waals surface area contributed by atoms with Crippen molar-refractivity contribution in [3.05, 3.63) is 57.4 Å². The van der Waals surface area contributed by atoms with E-state index in [-0.39, 0.29) is 46.6 Å². The molecule has 1 aliphatic heterocycles. The summed E-state index contributed by atoms with van der Waals surface area (Å²) < 4.78 is 70.8. The Labute approximate surface area is 190 Å². The molecule has 0 atom stereocenters. The first kappa shape index (κ1) is 23.2. The number of nitriles is 1. The summed E-state index contributed by atoms with van der Waals surface area (Å²) in [4.78, 5) is 18.5. The van der Waals surface area contributed by atoms with Crippen LogP contribution in [0.15, 0.2) is 24.4 Å². The summed E-state index contributed by atoms with van der Waals surface area (Å²) in [5.74, 6) is -4.23. The first-order chi connectivity index (χ1) is 15.4. The van der Waals surface area contributed by atoms with Crippen LogP contribution in [0.25, 0.3) is 0 Å². The number of carbonyl (C=O) groups is 1. The van der Waals surface area contributed by atoms with Crippen molar-refractivity contribution in [3.63, 3.8) is 0 Å². The van der Waals surface area contributed by atoms with Crippen molar-refractivity contribution in [3.8, 4) is 11.8 Å². The van der Waals surface area contributed by atoms with Gasteiger partial charge in [0.25, 0.3) is 5.91 Å². The van der Waals surface area contributed by atoms with Crippen LogP contribution >= 0.6 is 11.6 Å². The van der Waals surface area contributed by atoms with Gasteiger partial charge in [0.2, 0.25) is 5.92 Å². The van der Waals surface area contributed by atoms with Crippen LogP contribution < -0.4 is 4.74 Å². The lowest BCUT2D eigenvalue weighted by Gasteiger charge is -2.41. The molecule has 33 heavy (non-hydrogen) atoms. The van der Waals surface area contributed by atoms with E-state index in [1.165, 1.54) is 24.1 Å². The minimum atomic E-state index is -4.58. The fraction of sp³-hybridized carbons (Fsp3) is 0.409. The summed E-state index contributed by atoms with van der Waals surface area (Å²) in [7, 11) is 1.29. The maximum absolute atomic E-state index is 13.5. The molecule has 1 aliphatic carbocycles. The van der Waals surface area contributed by atoms with Gasteiger partial charge in [-0.2, -0.15) is 18.4 Å². The second kappa shape index (κ2) is 8.13. The van der Waals surface area contributed by atoms with Crippen molar-refractivity contribution < 1.29 is 31.5 Å². The van der Waals surface area contributed by atoms with E-state index in [1.54, 1.807) is 0 Å². The number of methoxy groups -OCH3 is 1. The summed E-state index contributed by atoms with van der Waals surface area (Å²) in [5.41, 5.74) is -0.188. The van der Waals surface area contributed by atoms with E-state index in [2.05, 4.69) is 4.98 Å². The molecule has 11 heteroatoms. The molecule has 1 amide bonds. The zero-order chi connectivity index (χ0) is 24.1. The number of nitrogens with zero attached hydrogens (tertiary/aromatic N) is 3. The van der Waals surface area contributed by atoms with Crippen molar-refractivity contribution in [2.75, 3.05) is 20.2 Å². The van der Waals surface area contributed by atoms with Gasteiger partial charge in [-0.1, -0.05) is 17.7 Å². The Bertz CT molecular complexity index is 1150. The number of halogens is 6. The Morgan fingerprint density at radius 1 is 1.27 bits per heavy atom. The Balaban J connectivity index is 1.58. The van der Waals surface area contributed by atoms with Gasteiger partial charge in [0, 0.05) is 38.0 Å². The quantitative estimate of drug-likeness (QED) is 0.545. The van der Waals surface area contributed by atoms with Crippen molar-refractivity contribution in [1.29, 1.82) is 5.26 Å². The van der Waals surface area contributed by atoms with Gasteiger partial charge < -0.3 is 9.64 Å². The van der Waals surface area contributed by atoms with Crippen LogP contribution in [0.1, 0.15) is 57.4 Å². The average molecular weight is 486 g/mol. The van der Waals surface area contributed by atoms with Gasteiger partial charge in [0.1, 0.15) is 11.8 Å². The van der Waals surface area contributed by atoms with Crippen LogP contribution in [0.2, 0.25) is 5.02 Å². The third-order valence-corrected chi connectivity index (χ3v) is 6.31. The number of ether oxygens (including phenoxy) is 1. The maximum atomic E-state index is 13.5. The van der Waals surface area contributed by atoms with Crippen molar-refractivity contribution >= 4 is 17.5 Å². The van der Waals surface area contributed by atoms with E-state index < -0.39 is 42.3 Å². The summed E-state index contributed by atoms with van der Waals surface area (Å²) in [6, 6.07) is 5.66. The third-order valence-electron chi connectivity index (χ3n) is 6.01. The van der Waals surface area contributed by atoms with E-state index >= 15 is 0 Å². The Morgan fingerprint density at radius 2 is 1.94 bits per heavy atom. The molecule has 0 bridgehead atoms. The van der Waals surface area contributed by atoms with Gasteiger partial charge >= 0.3 is 6.18 Å². The van der Waals surface area contributed by atoms with E-state index in [1.807, 2.05) is 6.07 Å². The van der Waals surface area contributed by atoms with Gasteiger partial charge in [-0.15, -0.1) is 0 Å². The predicted molar refractivity (Wildman–Crippen MR) is 108 cm³/mol. The number of likely N-dealkylation sites (tertiary alicyclic amines) is 1. The monoisotopic (exact) mass is 485 g/mol. The Morgan fingerprint density at radius 3 is 2.45 bits per heavy atom. The lowest BCUT2D eigenvalue weighted by molar-refractivity contribution is -0.137. The highest BCUT2D eigenvalue weighted by atomic mass is 35.5. The molecule has 4 rings (SSSR count). The molecular weight excluding hydrogens is 469 g/mol. The molecule has 0 unspecified atom stereocenters. The maximum Gasteiger partial charge on any atom is 0.417 e. The standard InChI is InChI=1S/C22H17ClF5N3O2/c1-33-19-11(7-29)2-3-15(12-5-21(24,25)6-12)17(19)20(32)31-9-13(10-31)18-16(23)4-14(8-30-18)22(26,27)28/h2-4,8,12-13H,5-6,9-10H2,1H3. The first-order valence-corrected chi connectivity index (χ1v) is 10.3. The van der Waals surface area contributed by atoms with Crippen LogP contribution in [0.4, 0.5) is 22.0 Å². The van der Waals surface area contributed by atoms with E-state index in [0.29, 0.717) is 11.8 Å². The van der Waals surface area contributed by atoms with E-state index in [0.717, 1.165) is 6.07 Å². The Hall–Kier alpha value is -2.93. The summed E-state index contributed by atoms with van der Waals surface area (Å²) in [5, 5.41) is 9.22. The van der Waals surface area contributed by atoms with E-state index in [9.17, 15) is 32.0 Å². The molecule has 2 aliphatic rings. The highest BCUT2D eigenvalue weighted by Gasteiger charge is 2.48. The third kappa shape index (κ3) is 4.22. The van der Waals surface area contributed by atoms with Crippen LogP contribution in [0.5, 0.6) is 5.75 Å². The molecule has 0 spiro atoms. The lowest BCUT2D eigenvalue weighted by atomic mass is 9.74. The molecule has 174 valence electrons. The predicted octanol–water partition coefficient (Wildman–Crippen LogP) is 5.39. The molecule has 1 saturated heterocycles. The molecular formula is C22H17ClF5N3O2. The minimum Gasteiger partial charge on any atom is -0.495 e. The highest BCUT2D eigenvalue weighted by Crippen LogP contribution is 2.50. The topological polar surface area (TPSA) is 66.2 Å². The molecule has 0 N–H and O–H groups in total. The summed E-state index contributed by atoms with van der Waals surface area (Å²) in [6.45, 7) is 0.244. The number of amides is 1. The number of pyridine rings is 1. The number of alkyl halides is 5. The van der Waals surface area contributed by atoms with Gasteiger partial charge in [-0.05, 0) is 23.6 Å². The lowest BCUT2D eigenvalue weighted by Crippen LogP contribution is -2.49. The van der Waals surface area contributed by atoms with Gasteiger partial charge in [-0.3, -0.25) is 9.78 Å². The second-order valence-corrected chi connectivity index (χ2v) is 8.59.